The Morgan fingerprint density at radius 3 is 2.89 bits per heavy atom. The monoisotopic (exact) mass is 126 g/mol. The van der Waals surface area contributed by atoms with Crippen LogP contribution in [0.1, 0.15) is 6.42 Å². The van der Waals surface area contributed by atoms with Crippen molar-refractivity contribution >= 4 is 0 Å². The molecule has 3 heteroatoms. The summed E-state index contributed by atoms with van der Waals surface area (Å²) in [5.41, 5.74) is 0. The third-order valence-corrected chi connectivity index (χ3v) is 1.69. The third kappa shape index (κ3) is 1.33. The molecule has 0 aromatic rings. The van der Waals surface area contributed by atoms with Crippen molar-refractivity contribution in [3.63, 3.8) is 0 Å². The van der Waals surface area contributed by atoms with E-state index in [-0.39, 0.29) is 6.61 Å². The van der Waals surface area contributed by atoms with Crippen LogP contribution in [0.3, 0.4) is 0 Å². The van der Waals surface area contributed by atoms with Crippen LogP contribution in [0.4, 0.5) is 0 Å². The zero-order chi connectivity index (χ0) is 6.69. The van der Waals surface area contributed by atoms with Gasteiger partial charge in [-0.15, -0.1) is 0 Å². The van der Waals surface area contributed by atoms with E-state index in [1.165, 1.54) is 0 Å². The largest absolute Gasteiger partial charge is 0.396 e. The van der Waals surface area contributed by atoms with Crippen molar-refractivity contribution < 1.29 is 5.11 Å². The van der Waals surface area contributed by atoms with E-state index in [2.05, 4.69) is 6.19 Å². The molecule has 0 saturated carbocycles. The van der Waals surface area contributed by atoms with Gasteiger partial charge >= 0.3 is 0 Å². The maximum Gasteiger partial charge on any atom is 0.179 e. The van der Waals surface area contributed by atoms with Gasteiger partial charge in [-0.3, -0.25) is 0 Å². The van der Waals surface area contributed by atoms with E-state index in [0.29, 0.717) is 5.92 Å². The van der Waals surface area contributed by atoms with Gasteiger partial charge < -0.3 is 10.0 Å². The fourth-order valence-corrected chi connectivity index (χ4v) is 1.07. The van der Waals surface area contributed by atoms with Gasteiger partial charge in [0.05, 0.1) is 0 Å². The second kappa shape index (κ2) is 2.70. The molecule has 1 N–H and O–H groups in total. The summed E-state index contributed by atoms with van der Waals surface area (Å²) in [6.45, 7) is 1.78. The summed E-state index contributed by atoms with van der Waals surface area (Å²) in [5, 5.41) is 17.0. The van der Waals surface area contributed by atoms with Gasteiger partial charge in [-0.2, -0.15) is 5.26 Å². The van der Waals surface area contributed by atoms with Gasteiger partial charge in [0.1, 0.15) is 0 Å². The van der Waals surface area contributed by atoms with Crippen molar-refractivity contribution in [2.75, 3.05) is 19.7 Å². The topological polar surface area (TPSA) is 47.3 Å². The predicted octanol–water partition coefficient (Wildman–Crippen LogP) is -0.218. The molecule has 0 amide bonds. The summed E-state index contributed by atoms with van der Waals surface area (Å²) < 4.78 is 0. The molecule has 0 spiro atoms. The highest BCUT2D eigenvalue weighted by atomic mass is 16.3. The number of hydrogen-bond donors (Lipinski definition) is 1. The molecule has 1 atom stereocenters. The normalized spacial score (nSPS) is 26.2. The average molecular weight is 126 g/mol. The molecule has 1 fully saturated rings. The standard InChI is InChI=1S/C6H10N2O/c7-5-8-2-1-6(3-8)4-9/h6,9H,1-4H2. The van der Waals surface area contributed by atoms with Crippen LogP contribution < -0.4 is 0 Å². The molecule has 9 heavy (non-hydrogen) atoms. The maximum absolute atomic E-state index is 8.64. The fourth-order valence-electron chi connectivity index (χ4n) is 1.07. The van der Waals surface area contributed by atoms with Crippen molar-refractivity contribution in [3.05, 3.63) is 0 Å². The predicted molar refractivity (Wildman–Crippen MR) is 32.4 cm³/mol. The second-order valence-electron chi connectivity index (χ2n) is 2.38. The molecular weight excluding hydrogens is 116 g/mol. The Bertz CT molecular complexity index is 130. The lowest BCUT2D eigenvalue weighted by molar-refractivity contribution is 0.231. The van der Waals surface area contributed by atoms with E-state index in [1.807, 2.05) is 0 Å². The zero-order valence-electron chi connectivity index (χ0n) is 5.25. The van der Waals surface area contributed by atoms with Crippen molar-refractivity contribution in [1.82, 2.24) is 4.90 Å². The Kier molecular flexibility index (Phi) is 1.91. The molecule has 1 unspecified atom stereocenters. The van der Waals surface area contributed by atoms with E-state index < -0.39 is 0 Å². The van der Waals surface area contributed by atoms with Crippen LogP contribution in [-0.4, -0.2) is 29.7 Å². The Labute approximate surface area is 54.5 Å². The van der Waals surface area contributed by atoms with Crippen molar-refractivity contribution in [1.29, 1.82) is 5.26 Å². The molecule has 0 radical (unpaired) electrons. The highest BCUT2D eigenvalue weighted by molar-refractivity contribution is 4.83. The molecule has 1 aliphatic rings. The molecule has 0 aromatic carbocycles. The van der Waals surface area contributed by atoms with Gasteiger partial charge in [-0.25, -0.2) is 0 Å². The lowest BCUT2D eigenvalue weighted by Crippen LogP contribution is -2.14. The Balaban J connectivity index is 2.31. The molecule has 1 saturated heterocycles. The molecule has 0 bridgehead atoms. The van der Waals surface area contributed by atoms with Crippen LogP contribution in [0.25, 0.3) is 0 Å². The van der Waals surface area contributed by atoms with Gasteiger partial charge in [0.15, 0.2) is 6.19 Å². The first kappa shape index (κ1) is 6.37. The highest BCUT2D eigenvalue weighted by Crippen LogP contribution is 2.13. The number of nitrogens with zero attached hydrogens (tertiary/aromatic N) is 2. The summed E-state index contributed by atoms with van der Waals surface area (Å²) in [7, 11) is 0. The first-order valence-electron chi connectivity index (χ1n) is 3.12. The first-order valence-corrected chi connectivity index (χ1v) is 3.12. The fraction of sp³-hybridized carbons (Fsp3) is 0.833. The Morgan fingerprint density at radius 2 is 2.56 bits per heavy atom. The van der Waals surface area contributed by atoms with Crippen LogP contribution in [0.15, 0.2) is 0 Å². The Morgan fingerprint density at radius 1 is 1.78 bits per heavy atom. The quantitative estimate of drug-likeness (QED) is 0.494. The number of nitriles is 1. The Hall–Kier alpha value is -0.750. The number of rotatable bonds is 1. The van der Waals surface area contributed by atoms with Crippen LogP contribution in [-0.2, 0) is 0 Å². The molecule has 1 aliphatic heterocycles. The third-order valence-electron chi connectivity index (χ3n) is 1.69. The SMILES string of the molecule is N#CN1CCC(CO)C1. The summed E-state index contributed by atoms with van der Waals surface area (Å²) in [5.74, 6) is 0.338. The minimum absolute atomic E-state index is 0.220. The van der Waals surface area contributed by atoms with Crippen LogP contribution in [0, 0.1) is 17.4 Å². The molecule has 50 valence electrons. The smallest absolute Gasteiger partial charge is 0.179 e. The van der Waals surface area contributed by atoms with Crippen molar-refractivity contribution in [2.24, 2.45) is 5.92 Å². The van der Waals surface area contributed by atoms with Crippen molar-refractivity contribution in [2.45, 2.75) is 6.42 Å². The summed E-state index contributed by atoms with van der Waals surface area (Å²) in [6, 6.07) is 0. The summed E-state index contributed by atoms with van der Waals surface area (Å²) >= 11 is 0. The minimum atomic E-state index is 0.220. The maximum atomic E-state index is 8.64. The summed E-state index contributed by atoms with van der Waals surface area (Å²) in [4.78, 5) is 1.68. The van der Waals surface area contributed by atoms with Gasteiger partial charge in [-0.05, 0) is 6.42 Å². The minimum Gasteiger partial charge on any atom is -0.396 e. The van der Waals surface area contributed by atoms with Gasteiger partial charge in [0.25, 0.3) is 0 Å². The lowest BCUT2D eigenvalue weighted by atomic mass is 10.1. The van der Waals surface area contributed by atoms with Gasteiger partial charge in [0, 0.05) is 25.6 Å². The zero-order valence-corrected chi connectivity index (χ0v) is 5.25. The lowest BCUT2D eigenvalue weighted by Gasteiger charge is -2.04. The van der Waals surface area contributed by atoms with E-state index in [1.54, 1.807) is 4.90 Å². The van der Waals surface area contributed by atoms with E-state index in [4.69, 9.17) is 10.4 Å². The highest BCUT2D eigenvalue weighted by Gasteiger charge is 2.19. The average Bonchev–Trinajstić information content (AvgIpc) is 2.34. The molecule has 3 nitrogen and oxygen atoms in total. The van der Waals surface area contributed by atoms with Gasteiger partial charge in [-0.1, -0.05) is 0 Å². The van der Waals surface area contributed by atoms with E-state index in [0.717, 1.165) is 19.5 Å². The van der Waals surface area contributed by atoms with E-state index >= 15 is 0 Å². The molecular formula is C6H10N2O. The number of likely N-dealkylation sites (tertiary alicyclic amines) is 1. The van der Waals surface area contributed by atoms with E-state index in [9.17, 15) is 0 Å². The second-order valence-corrected chi connectivity index (χ2v) is 2.38. The number of aliphatic hydroxyl groups excluding tert-OH is 1. The number of hydrogen-bond acceptors (Lipinski definition) is 3. The summed E-state index contributed by atoms with van der Waals surface area (Å²) in [6.07, 6.45) is 3.01. The van der Waals surface area contributed by atoms with Gasteiger partial charge in [0.2, 0.25) is 0 Å². The van der Waals surface area contributed by atoms with Crippen molar-refractivity contribution in [3.8, 4) is 6.19 Å². The molecule has 0 aliphatic carbocycles. The van der Waals surface area contributed by atoms with Crippen LogP contribution in [0.2, 0.25) is 0 Å². The molecule has 1 rings (SSSR count). The van der Waals surface area contributed by atoms with Crippen LogP contribution >= 0.6 is 0 Å². The molecule has 1 heterocycles. The number of aliphatic hydroxyl groups is 1. The first-order chi connectivity index (χ1) is 4.36. The van der Waals surface area contributed by atoms with Crippen LogP contribution in [0.5, 0.6) is 0 Å². The molecule has 0 aromatic heterocycles.